The standard InChI is InChI=1S/C40H39Cl2N7O2S/c1-26(27-11-13-29(41)14-12-27)48-25-44-36(28-8-3-2-4-9-28)38(48)35-32-16-15-30(42)24-34(32)45-37(35)40(50)46-33-10-7-19-43-39(33)47-21-17-31(18-22-47)49-20-5-6-23-52(49)51/h2-4,7-16,19,24-26,31,45H,5-6,17-18,20-23H2,1H3,(H,46,50). The second kappa shape index (κ2) is 14.9. The number of rotatable bonds is 8. The number of imidazole rings is 1. The number of fused-ring (bicyclic) bond motifs is 1. The van der Waals surface area contributed by atoms with Gasteiger partial charge in [-0.3, -0.25) is 4.79 Å². The number of halogens is 2. The van der Waals surface area contributed by atoms with Gasteiger partial charge in [-0.1, -0.05) is 71.7 Å². The molecule has 3 aromatic carbocycles. The fourth-order valence-corrected chi connectivity index (χ4v) is 9.42. The third-order valence-corrected chi connectivity index (χ3v) is 12.4. The van der Waals surface area contributed by atoms with E-state index in [1.54, 1.807) is 6.20 Å². The molecule has 0 radical (unpaired) electrons. The van der Waals surface area contributed by atoms with Gasteiger partial charge in [0.25, 0.3) is 5.91 Å². The average molecular weight is 753 g/mol. The number of anilines is 2. The Hall–Kier alpha value is -4.48. The largest absolute Gasteiger partial charge is 0.355 e. The van der Waals surface area contributed by atoms with Gasteiger partial charge in [-0.25, -0.2) is 18.5 Å². The zero-order valence-electron chi connectivity index (χ0n) is 28.8. The lowest BCUT2D eigenvalue weighted by Gasteiger charge is -2.39. The summed E-state index contributed by atoms with van der Waals surface area (Å²) < 4.78 is 17.0. The Labute approximate surface area is 315 Å². The summed E-state index contributed by atoms with van der Waals surface area (Å²) in [6.45, 7) is 4.53. The van der Waals surface area contributed by atoms with E-state index >= 15 is 0 Å². The minimum Gasteiger partial charge on any atom is -0.355 e. The lowest BCUT2D eigenvalue weighted by Crippen LogP contribution is -2.48. The molecule has 2 aliphatic heterocycles. The molecule has 0 aliphatic carbocycles. The number of carbonyl (C=O) groups excluding carboxylic acids is 1. The van der Waals surface area contributed by atoms with E-state index in [0.29, 0.717) is 27.5 Å². The van der Waals surface area contributed by atoms with Crippen LogP contribution in [0.1, 0.15) is 54.7 Å². The van der Waals surface area contributed by atoms with Crippen LogP contribution in [0.3, 0.4) is 0 Å². The first kappa shape index (κ1) is 34.6. The van der Waals surface area contributed by atoms with E-state index in [1.165, 1.54) is 0 Å². The van der Waals surface area contributed by atoms with Crippen molar-refractivity contribution in [1.82, 2.24) is 23.8 Å². The van der Waals surface area contributed by atoms with Crippen LogP contribution in [0.25, 0.3) is 33.4 Å². The number of hydrogen-bond acceptors (Lipinski definition) is 5. The van der Waals surface area contributed by atoms with Crippen molar-refractivity contribution >= 4 is 62.5 Å². The van der Waals surface area contributed by atoms with Crippen LogP contribution in [0.4, 0.5) is 11.5 Å². The zero-order chi connectivity index (χ0) is 35.8. The highest BCUT2D eigenvalue weighted by atomic mass is 35.5. The molecule has 3 aromatic heterocycles. The lowest BCUT2D eigenvalue weighted by molar-refractivity contribution is 0.102. The molecule has 2 aliphatic rings. The quantitative estimate of drug-likeness (QED) is 0.162. The molecule has 0 spiro atoms. The maximum absolute atomic E-state index is 14.6. The monoisotopic (exact) mass is 751 g/mol. The first-order valence-electron chi connectivity index (χ1n) is 17.7. The highest BCUT2D eigenvalue weighted by Gasteiger charge is 2.32. The summed E-state index contributed by atoms with van der Waals surface area (Å²) in [7, 11) is -0.900. The molecule has 5 heterocycles. The van der Waals surface area contributed by atoms with Gasteiger partial charge >= 0.3 is 0 Å². The summed E-state index contributed by atoms with van der Waals surface area (Å²) in [5.74, 6) is 1.17. The number of benzene rings is 3. The molecule has 2 N–H and O–H groups in total. The van der Waals surface area contributed by atoms with Crippen LogP contribution in [0.2, 0.25) is 10.0 Å². The van der Waals surface area contributed by atoms with Gasteiger partial charge in [0, 0.05) is 69.7 Å². The molecule has 2 fully saturated rings. The molecule has 52 heavy (non-hydrogen) atoms. The fraction of sp³-hybridized carbons (Fsp3) is 0.275. The Morgan fingerprint density at radius 3 is 2.46 bits per heavy atom. The van der Waals surface area contributed by atoms with Gasteiger partial charge in [0.05, 0.1) is 40.4 Å². The molecule has 0 saturated carbocycles. The van der Waals surface area contributed by atoms with Crippen molar-refractivity contribution < 1.29 is 9.00 Å². The smallest absolute Gasteiger partial charge is 0.272 e. The summed E-state index contributed by atoms with van der Waals surface area (Å²) in [4.78, 5) is 30.0. The molecule has 6 aromatic rings. The first-order valence-corrected chi connectivity index (χ1v) is 19.7. The topological polar surface area (TPSA) is 99.2 Å². The van der Waals surface area contributed by atoms with E-state index in [4.69, 9.17) is 33.2 Å². The van der Waals surface area contributed by atoms with Crippen LogP contribution >= 0.6 is 23.2 Å². The van der Waals surface area contributed by atoms with Gasteiger partial charge in [0.1, 0.15) is 5.69 Å². The van der Waals surface area contributed by atoms with Crippen molar-refractivity contribution in [3.8, 4) is 22.5 Å². The molecule has 266 valence electrons. The molecule has 2 saturated heterocycles. The van der Waals surface area contributed by atoms with Crippen molar-refractivity contribution in [3.63, 3.8) is 0 Å². The number of amides is 1. The van der Waals surface area contributed by atoms with E-state index in [1.807, 2.05) is 91.3 Å². The average Bonchev–Trinajstić information content (AvgIpc) is 3.77. The van der Waals surface area contributed by atoms with Gasteiger partial charge in [-0.05, 0) is 74.6 Å². The highest BCUT2D eigenvalue weighted by molar-refractivity contribution is 7.82. The molecule has 0 bridgehead atoms. The molecule has 9 nitrogen and oxygen atoms in total. The van der Waals surface area contributed by atoms with Gasteiger partial charge < -0.3 is 19.8 Å². The SMILES string of the molecule is CC(c1ccc(Cl)cc1)n1cnc(-c2ccccc2)c1-c1c(C(=O)Nc2cccnc2N2CCC(N3CCCCS3=O)CC2)[nH]c2cc(Cl)ccc12. The number of nitrogens with zero attached hydrogens (tertiary/aromatic N) is 5. The van der Waals surface area contributed by atoms with Crippen LogP contribution in [-0.2, 0) is 11.0 Å². The molecule has 2 unspecified atom stereocenters. The number of H-pyrrole nitrogens is 1. The fourth-order valence-electron chi connectivity index (χ4n) is 7.56. The maximum atomic E-state index is 14.6. The van der Waals surface area contributed by atoms with Crippen LogP contribution in [0, 0.1) is 0 Å². The number of pyridine rings is 1. The Morgan fingerprint density at radius 1 is 0.923 bits per heavy atom. The van der Waals surface area contributed by atoms with Crippen molar-refractivity contribution in [2.24, 2.45) is 0 Å². The third kappa shape index (κ3) is 6.76. The van der Waals surface area contributed by atoms with Crippen molar-refractivity contribution in [2.45, 2.75) is 44.7 Å². The molecular formula is C40H39Cl2N7O2S. The molecular weight excluding hydrogens is 713 g/mol. The van der Waals surface area contributed by atoms with Crippen molar-refractivity contribution in [1.29, 1.82) is 0 Å². The summed E-state index contributed by atoms with van der Waals surface area (Å²) >= 11 is 12.8. The first-order chi connectivity index (χ1) is 25.4. The molecule has 2 atom stereocenters. The Bertz CT molecular complexity index is 2250. The van der Waals surface area contributed by atoms with E-state index in [-0.39, 0.29) is 11.9 Å². The number of hydrogen-bond donors (Lipinski definition) is 2. The summed E-state index contributed by atoms with van der Waals surface area (Å²) in [6, 6.07) is 27.3. The van der Waals surface area contributed by atoms with Gasteiger partial charge in [0.2, 0.25) is 0 Å². The number of piperidine rings is 1. The Kier molecular flexibility index (Phi) is 9.89. The van der Waals surface area contributed by atoms with Gasteiger partial charge in [-0.2, -0.15) is 0 Å². The van der Waals surface area contributed by atoms with Crippen LogP contribution < -0.4 is 10.2 Å². The second-order valence-electron chi connectivity index (χ2n) is 13.4. The molecule has 1 amide bonds. The van der Waals surface area contributed by atoms with Gasteiger partial charge in [-0.15, -0.1) is 0 Å². The second-order valence-corrected chi connectivity index (χ2v) is 15.8. The summed E-state index contributed by atoms with van der Waals surface area (Å²) in [5.41, 5.74) is 6.01. The minimum absolute atomic E-state index is 0.138. The highest BCUT2D eigenvalue weighted by Crippen LogP contribution is 2.42. The number of aromatic nitrogens is 4. The Balaban J connectivity index is 1.18. The van der Waals surface area contributed by atoms with Crippen molar-refractivity contribution in [3.05, 3.63) is 119 Å². The van der Waals surface area contributed by atoms with E-state index in [9.17, 15) is 9.00 Å². The van der Waals surface area contributed by atoms with E-state index in [2.05, 4.69) is 31.0 Å². The third-order valence-electron chi connectivity index (χ3n) is 10.3. The number of nitrogens with one attached hydrogen (secondary N) is 2. The number of aromatic amines is 1. The predicted octanol–water partition coefficient (Wildman–Crippen LogP) is 8.99. The molecule has 8 rings (SSSR count). The minimum atomic E-state index is -0.900. The number of carbonyl (C=O) groups is 1. The Morgan fingerprint density at radius 2 is 1.69 bits per heavy atom. The normalized spacial score (nSPS) is 17.8. The summed E-state index contributed by atoms with van der Waals surface area (Å²) in [6.07, 6.45) is 7.51. The lowest BCUT2D eigenvalue weighted by atomic mass is 9.99. The van der Waals surface area contributed by atoms with Gasteiger partial charge in [0.15, 0.2) is 5.82 Å². The predicted molar refractivity (Wildman–Crippen MR) is 212 cm³/mol. The molecule has 12 heteroatoms. The van der Waals surface area contributed by atoms with E-state index < -0.39 is 11.0 Å². The van der Waals surface area contributed by atoms with Crippen LogP contribution in [-0.4, -0.2) is 65.4 Å². The van der Waals surface area contributed by atoms with E-state index in [0.717, 1.165) is 95.9 Å². The zero-order valence-corrected chi connectivity index (χ0v) is 31.1. The van der Waals surface area contributed by atoms with Crippen molar-refractivity contribution in [2.75, 3.05) is 35.6 Å². The van der Waals surface area contributed by atoms with Crippen LogP contribution in [0.5, 0.6) is 0 Å². The maximum Gasteiger partial charge on any atom is 0.272 e. The van der Waals surface area contributed by atoms with Crippen LogP contribution in [0.15, 0.2) is 97.5 Å². The summed E-state index contributed by atoms with van der Waals surface area (Å²) in [5, 5.41) is 5.29.